The van der Waals surface area contributed by atoms with Crippen LogP contribution in [0.3, 0.4) is 0 Å². The molecule has 0 radical (unpaired) electrons. The van der Waals surface area contributed by atoms with Crippen LogP contribution in [0.5, 0.6) is 0 Å². The first-order valence-corrected chi connectivity index (χ1v) is 11.3. The van der Waals surface area contributed by atoms with Gasteiger partial charge in [-0.2, -0.15) is 0 Å². The molecule has 6 heteroatoms. The summed E-state index contributed by atoms with van der Waals surface area (Å²) in [6, 6.07) is 6.33. The van der Waals surface area contributed by atoms with Crippen LogP contribution in [0.15, 0.2) is 36.7 Å². The smallest absolute Gasteiger partial charge is 0.120 e. The van der Waals surface area contributed by atoms with Crippen molar-refractivity contribution in [2.45, 2.75) is 45.5 Å². The molecule has 2 heterocycles. The fraction of sp³-hybridized carbons (Fsp3) is 0.538. The van der Waals surface area contributed by atoms with Crippen LogP contribution >= 0.6 is 0 Å². The maximum Gasteiger partial charge on any atom is 0.120 e. The van der Waals surface area contributed by atoms with Crippen molar-refractivity contribution in [2.24, 2.45) is 11.7 Å². The molecule has 2 aliphatic heterocycles. The van der Waals surface area contributed by atoms with Gasteiger partial charge < -0.3 is 29.6 Å². The third-order valence-corrected chi connectivity index (χ3v) is 5.66. The number of hydrogen-bond donors (Lipinski definition) is 1. The molecule has 1 aromatic carbocycles. The van der Waals surface area contributed by atoms with E-state index in [1.54, 1.807) is 7.11 Å². The van der Waals surface area contributed by atoms with Gasteiger partial charge in [0, 0.05) is 30.5 Å². The molecule has 1 fully saturated rings. The fourth-order valence-electron chi connectivity index (χ4n) is 3.92. The average molecular weight is 441 g/mol. The number of methoxy groups -OCH3 is 1. The second-order valence-electron chi connectivity index (χ2n) is 8.59. The molecule has 6 nitrogen and oxygen atoms in total. The lowest BCUT2D eigenvalue weighted by molar-refractivity contribution is -0.119. The Bertz CT molecular complexity index is 878. The minimum Gasteiger partial charge on any atom is -0.386 e. The number of nitrogens with two attached hydrogens (primary N) is 1. The maximum absolute atomic E-state index is 6.11. The highest BCUT2D eigenvalue weighted by atomic mass is 16.6. The van der Waals surface area contributed by atoms with E-state index in [0.29, 0.717) is 38.2 Å². The van der Waals surface area contributed by atoms with E-state index >= 15 is 0 Å². The Balaban J connectivity index is 1.79. The number of benzene rings is 1. The van der Waals surface area contributed by atoms with Crippen LogP contribution in [0.25, 0.3) is 5.70 Å². The summed E-state index contributed by atoms with van der Waals surface area (Å²) in [4.78, 5) is 2.05. The summed E-state index contributed by atoms with van der Waals surface area (Å²) in [5, 5.41) is 0. The lowest BCUT2D eigenvalue weighted by atomic mass is 9.93. The summed E-state index contributed by atoms with van der Waals surface area (Å²) in [6.07, 6.45) is 2.76. The third-order valence-electron chi connectivity index (χ3n) is 5.66. The largest absolute Gasteiger partial charge is 0.386 e. The predicted octanol–water partition coefficient (Wildman–Crippen LogP) is 3.16. The second-order valence-corrected chi connectivity index (χ2v) is 8.59. The Kier molecular flexibility index (Phi) is 8.77. The number of fused-ring (bicyclic) bond motifs is 1. The van der Waals surface area contributed by atoms with E-state index in [9.17, 15) is 0 Å². The highest BCUT2D eigenvalue weighted by molar-refractivity contribution is 5.71. The van der Waals surface area contributed by atoms with E-state index in [4.69, 9.17) is 24.7 Å². The average Bonchev–Trinajstić information content (AvgIpc) is 2.78. The fourth-order valence-corrected chi connectivity index (χ4v) is 3.92. The van der Waals surface area contributed by atoms with Crippen LogP contribution < -0.4 is 5.73 Å². The minimum absolute atomic E-state index is 0.0216. The van der Waals surface area contributed by atoms with Gasteiger partial charge in [0.1, 0.15) is 12.2 Å². The standard InChI is InChI=1S/C26H36N2O4/c1-18(2)26(29-5)9-7-21-6-8-24-22(15-21)10-11-28(20(4)27)25(24)14-19(3)32-17-23-16-30-12-13-31-23/h6,8,14-15,18-19,23,26H,4,10-13,16-17,27H2,1-3,5H3/b25-14-. The highest BCUT2D eigenvalue weighted by Crippen LogP contribution is 2.31. The predicted molar refractivity (Wildman–Crippen MR) is 127 cm³/mol. The molecule has 0 amide bonds. The molecular weight excluding hydrogens is 404 g/mol. The first kappa shape index (κ1) is 24.3. The molecule has 0 aromatic heterocycles. The zero-order chi connectivity index (χ0) is 23.1. The molecule has 0 bridgehead atoms. The number of hydrogen-bond acceptors (Lipinski definition) is 6. The lowest BCUT2D eigenvalue weighted by Crippen LogP contribution is -2.34. The van der Waals surface area contributed by atoms with Gasteiger partial charge in [-0.15, -0.1) is 0 Å². The molecular formula is C26H36N2O4. The molecule has 2 aliphatic rings. The summed E-state index contributed by atoms with van der Waals surface area (Å²) in [7, 11) is 1.70. The van der Waals surface area contributed by atoms with Crippen LogP contribution in [-0.4, -0.2) is 63.3 Å². The van der Waals surface area contributed by atoms with Gasteiger partial charge >= 0.3 is 0 Å². The van der Waals surface area contributed by atoms with Crippen molar-refractivity contribution in [3.63, 3.8) is 0 Å². The van der Waals surface area contributed by atoms with E-state index in [0.717, 1.165) is 29.8 Å². The lowest BCUT2D eigenvalue weighted by Gasteiger charge is -2.34. The van der Waals surface area contributed by atoms with Crippen molar-refractivity contribution >= 4 is 5.70 Å². The molecule has 3 unspecified atom stereocenters. The monoisotopic (exact) mass is 440 g/mol. The van der Waals surface area contributed by atoms with E-state index in [-0.39, 0.29) is 18.3 Å². The van der Waals surface area contributed by atoms with Crippen LogP contribution in [0.4, 0.5) is 0 Å². The molecule has 174 valence electrons. The van der Waals surface area contributed by atoms with Gasteiger partial charge in [-0.05, 0) is 43.0 Å². The summed E-state index contributed by atoms with van der Waals surface area (Å²) in [5.74, 6) is 7.38. The topological polar surface area (TPSA) is 66.2 Å². The van der Waals surface area contributed by atoms with Crippen molar-refractivity contribution in [2.75, 3.05) is 40.1 Å². The highest BCUT2D eigenvalue weighted by Gasteiger charge is 2.23. The van der Waals surface area contributed by atoms with E-state index in [2.05, 4.69) is 50.5 Å². The van der Waals surface area contributed by atoms with Gasteiger partial charge in [-0.25, -0.2) is 0 Å². The van der Waals surface area contributed by atoms with Crippen molar-refractivity contribution < 1.29 is 18.9 Å². The van der Waals surface area contributed by atoms with Gasteiger partial charge in [0.15, 0.2) is 0 Å². The normalized spacial score (nSPS) is 21.6. The first-order chi connectivity index (χ1) is 15.4. The quantitative estimate of drug-likeness (QED) is 0.657. The molecule has 2 N–H and O–H groups in total. The molecule has 3 rings (SSSR count). The molecule has 0 saturated carbocycles. The Morgan fingerprint density at radius 3 is 2.81 bits per heavy atom. The van der Waals surface area contributed by atoms with Crippen LogP contribution in [0.2, 0.25) is 0 Å². The number of ether oxygens (including phenoxy) is 4. The van der Waals surface area contributed by atoms with E-state index in [1.807, 2.05) is 17.9 Å². The molecule has 1 aromatic rings. The Morgan fingerprint density at radius 1 is 1.34 bits per heavy atom. The zero-order valence-electron chi connectivity index (χ0n) is 19.7. The number of nitrogens with zero attached hydrogens (tertiary/aromatic N) is 1. The van der Waals surface area contributed by atoms with E-state index < -0.39 is 0 Å². The van der Waals surface area contributed by atoms with Gasteiger partial charge in [-0.1, -0.05) is 38.3 Å². The molecule has 32 heavy (non-hydrogen) atoms. The molecule has 0 spiro atoms. The number of rotatable bonds is 7. The first-order valence-electron chi connectivity index (χ1n) is 11.3. The van der Waals surface area contributed by atoms with Gasteiger partial charge in [-0.3, -0.25) is 0 Å². The van der Waals surface area contributed by atoms with E-state index in [1.165, 1.54) is 5.56 Å². The zero-order valence-corrected chi connectivity index (χ0v) is 19.7. The molecule has 1 saturated heterocycles. The van der Waals surface area contributed by atoms with Crippen molar-refractivity contribution in [3.05, 3.63) is 53.4 Å². The second kappa shape index (κ2) is 11.5. The summed E-state index contributed by atoms with van der Waals surface area (Å²) < 4.78 is 22.6. The summed E-state index contributed by atoms with van der Waals surface area (Å²) in [5.41, 5.74) is 10.5. The summed E-state index contributed by atoms with van der Waals surface area (Å²) >= 11 is 0. The summed E-state index contributed by atoms with van der Waals surface area (Å²) in [6.45, 7) is 13.3. The van der Waals surface area contributed by atoms with Crippen molar-refractivity contribution in [1.82, 2.24) is 4.90 Å². The Hall–Kier alpha value is -2.30. The maximum atomic E-state index is 6.11. The molecule has 0 aliphatic carbocycles. The van der Waals surface area contributed by atoms with Gasteiger partial charge in [0.05, 0.1) is 38.4 Å². The molecule has 3 atom stereocenters. The van der Waals surface area contributed by atoms with Gasteiger partial charge in [0.2, 0.25) is 0 Å². The van der Waals surface area contributed by atoms with Crippen molar-refractivity contribution in [1.29, 1.82) is 0 Å². The third kappa shape index (κ3) is 6.36. The van der Waals surface area contributed by atoms with Crippen molar-refractivity contribution in [3.8, 4) is 11.8 Å². The van der Waals surface area contributed by atoms with Crippen LogP contribution in [0.1, 0.15) is 37.5 Å². The Labute approximate surface area is 192 Å². The van der Waals surface area contributed by atoms with Crippen LogP contribution in [0, 0.1) is 17.8 Å². The SMILES string of the molecule is C=C(N)N1CCc2cc(C#CC(OC)C(C)C)ccc2/C1=C/C(C)OCC1COCCO1. The minimum atomic E-state index is -0.115. The Morgan fingerprint density at radius 2 is 2.16 bits per heavy atom. The van der Waals surface area contributed by atoms with Crippen LogP contribution in [-0.2, 0) is 25.4 Å². The van der Waals surface area contributed by atoms with Gasteiger partial charge in [0.25, 0.3) is 0 Å².